The molecule has 0 amide bonds. The van der Waals surface area contributed by atoms with Crippen LogP contribution in [0.4, 0.5) is 5.69 Å². The summed E-state index contributed by atoms with van der Waals surface area (Å²) in [4.78, 5) is 0. The van der Waals surface area contributed by atoms with Gasteiger partial charge in [-0.15, -0.1) is 0 Å². The van der Waals surface area contributed by atoms with E-state index in [1.165, 1.54) is 5.56 Å². The van der Waals surface area contributed by atoms with Crippen LogP contribution < -0.4 is 10.5 Å². The molecule has 0 spiro atoms. The number of hydrogen-bond donors (Lipinski definition) is 1. The van der Waals surface area contributed by atoms with E-state index >= 15 is 0 Å². The topological polar surface area (TPSA) is 53.1 Å². The summed E-state index contributed by atoms with van der Waals surface area (Å²) < 4.78 is 7.80. The maximum Gasteiger partial charge on any atom is 0.241 e. The van der Waals surface area contributed by atoms with Crippen LogP contribution in [0, 0.1) is 6.92 Å². The summed E-state index contributed by atoms with van der Waals surface area (Å²) in [6, 6.07) is 8.24. The van der Waals surface area contributed by atoms with Gasteiger partial charge in [0.1, 0.15) is 11.4 Å². The van der Waals surface area contributed by atoms with Crippen LogP contribution in [0.5, 0.6) is 11.6 Å². The Balaban J connectivity index is 2.22. The third kappa shape index (κ3) is 3.38. The minimum atomic E-state index is 0.567. The second kappa shape index (κ2) is 6.66. The molecular formula is C17H25N3O. The quantitative estimate of drug-likeness (QED) is 0.851. The summed E-state index contributed by atoms with van der Waals surface area (Å²) in [7, 11) is 0. The van der Waals surface area contributed by atoms with E-state index in [4.69, 9.17) is 10.5 Å². The summed E-state index contributed by atoms with van der Waals surface area (Å²) in [6.07, 6.45) is 2.12. The van der Waals surface area contributed by atoms with Crippen LogP contribution in [0.25, 0.3) is 0 Å². The van der Waals surface area contributed by atoms with Crippen molar-refractivity contribution < 1.29 is 4.74 Å². The van der Waals surface area contributed by atoms with E-state index in [-0.39, 0.29) is 0 Å². The van der Waals surface area contributed by atoms with Gasteiger partial charge in [0, 0.05) is 6.54 Å². The van der Waals surface area contributed by atoms with Gasteiger partial charge in [-0.05, 0) is 43.4 Å². The van der Waals surface area contributed by atoms with E-state index in [1.807, 2.05) is 23.7 Å². The molecule has 1 unspecified atom stereocenters. The molecule has 0 saturated heterocycles. The monoisotopic (exact) mass is 287 g/mol. The van der Waals surface area contributed by atoms with Crippen LogP contribution in [-0.4, -0.2) is 9.78 Å². The van der Waals surface area contributed by atoms with Crippen molar-refractivity contribution in [1.29, 1.82) is 0 Å². The van der Waals surface area contributed by atoms with Crippen LogP contribution in [0.3, 0.4) is 0 Å². The molecule has 1 aromatic carbocycles. The van der Waals surface area contributed by atoms with E-state index in [2.05, 4.69) is 38.0 Å². The van der Waals surface area contributed by atoms with Gasteiger partial charge in [-0.3, -0.25) is 0 Å². The number of anilines is 1. The number of rotatable bonds is 6. The van der Waals surface area contributed by atoms with E-state index in [1.54, 1.807) is 0 Å². The number of aromatic nitrogens is 2. The van der Waals surface area contributed by atoms with Crippen molar-refractivity contribution in [1.82, 2.24) is 9.78 Å². The Bertz CT molecular complexity index is 587. The molecule has 0 bridgehead atoms. The molecule has 0 aliphatic rings. The predicted octanol–water partition coefficient (Wildman–Crippen LogP) is 4.49. The first-order chi connectivity index (χ1) is 10.1. The molecule has 1 atom stereocenters. The SMILES string of the molecule is CCCn1nc(C)c(N)c1Oc1ccc(C(C)CC)cc1. The van der Waals surface area contributed by atoms with E-state index in [0.717, 1.165) is 30.8 Å². The van der Waals surface area contributed by atoms with E-state index in [9.17, 15) is 0 Å². The lowest BCUT2D eigenvalue weighted by Crippen LogP contribution is -2.02. The Labute approximate surface area is 126 Å². The second-order valence-electron chi connectivity index (χ2n) is 5.51. The molecule has 0 saturated carbocycles. The number of nitrogens with zero attached hydrogens (tertiary/aromatic N) is 2. The van der Waals surface area contributed by atoms with Gasteiger partial charge in [0.2, 0.25) is 5.88 Å². The first kappa shape index (κ1) is 15.4. The van der Waals surface area contributed by atoms with Gasteiger partial charge in [0.25, 0.3) is 0 Å². The van der Waals surface area contributed by atoms with Crippen LogP contribution in [0.15, 0.2) is 24.3 Å². The summed E-state index contributed by atoms with van der Waals surface area (Å²) in [5.41, 5.74) is 8.84. The number of aryl methyl sites for hydroxylation is 2. The van der Waals surface area contributed by atoms with Crippen LogP contribution in [0.2, 0.25) is 0 Å². The fraction of sp³-hybridized carbons (Fsp3) is 0.471. The standard InChI is InChI=1S/C17H25N3O/c1-5-11-20-17(16(18)13(4)19-20)21-15-9-7-14(8-10-15)12(3)6-2/h7-10,12H,5-6,11,18H2,1-4H3. The zero-order valence-corrected chi connectivity index (χ0v) is 13.4. The van der Waals surface area contributed by atoms with Crippen molar-refractivity contribution in [3.8, 4) is 11.6 Å². The third-order valence-electron chi connectivity index (χ3n) is 3.84. The Kier molecular flexibility index (Phi) is 4.89. The Morgan fingerprint density at radius 1 is 1.24 bits per heavy atom. The Morgan fingerprint density at radius 3 is 2.48 bits per heavy atom. The average Bonchev–Trinajstić information content (AvgIpc) is 2.75. The molecule has 2 N–H and O–H groups in total. The first-order valence-electron chi connectivity index (χ1n) is 7.67. The largest absolute Gasteiger partial charge is 0.437 e. The molecule has 1 aromatic heterocycles. The van der Waals surface area contributed by atoms with Crippen molar-refractivity contribution in [3.63, 3.8) is 0 Å². The molecule has 21 heavy (non-hydrogen) atoms. The van der Waals surface area contributed by atoms with Crippen molar-refractivity contribution in [2.75, 3.05) is 5.73 Å². The van der Waals surface area contributed by atoms with Gasteiger partial charge in [-0.25, -0.2) is 4.68 Å². The maximum atomic E-state index is 6.07. The van der Waals surface area contributed by atoms with Crippen LogP contribution in [0.1, 0.15) is 50.8 Å². The highest BCUT2D eigenvalue weighted by atomic mass is 16.5. The lowest BCUT2D eigenvalue weighted by molar-refractivity contribution is 0.410. The maximum absolute atomic E-state index is 6.07. The molecule has 0 fully saturated rings. The molecule has 4 heteroatoms. The molecule has 0 aliphatic heterocycles. The molecule has 1 heterocycles. The van der Waals surface area contributed by atoms with Gasteiger partial charge >= 0.3 is 0 Å². The summed E-state index contributed by atoms with van der Waals surface area (Å²) >= 11 is 0. The van der Waals surface area contributed by atoms with Crippen molar-refractivity contribution in [2.24, 2.45) is 0 Å². The molecule has 2 aromatic rings. The van der Waals surface area contributed by atoms with Crippen LogP contribution >= 0.6 is 0 Å². The molecular weight excluding hydrogens is 262 g/mol. The fourth-order valence-electron chi connectivity index (χ4n) is 2.26. The zero-order valence-electron chi connectivity index (χ0n) is 13.4. The Morgan fingerprint density at radius 2 is 1.90 bits per heavy atom. The number of nitrogens with two attached hydrogens (primary N) is 1. The van der Waals surface area contributed by atoms with E-state index < -0.39 is 0 Å². The number of hydrogen-bond acceptors (Lipinski definition) is 3. The number of ether oxygens (including phenoxy) is 1. The van der Waals surface area contributed by atoms with Gasteiger partial charge in [-0.2, -0.15) is 5.10 Å². The van der Waals surface area contributed by atoms with Gasteiger partial charge in [-0.1, -0.05) is 32.9 Å². The lowest BCUT2D eigenvalue weighted by Gasteiger charge is -2.12. The third-order valence-corrected chi connectivity index (χ3v) is 3.84. The Hall–Kier alpha value is -1.97. The van der Waals surface area contributed by atoms with Gasteiger partial charge in [0.05, 0.1) is 5.69 Å². The normalized spacial score (nSPS) is 12.4. The summed E-state index contributed by atoms with van der Waals surface area (Å²) in [5.74, 6) is 2.01. The van der Waals surface area contributed by atoms with Gasteiger partial charge < -0.3 is 10.5 Å². The van der Waals surface area contributed by atoms with E-state index in [0.29, 0.717) is 17.5 Å². The average molecular weight is 287 g/mol. The summed E-state index contributed by atoms with van der Waals surface area (Å²) in [6.45, 7) is 9.24. The van der Waals surface area contributed by atoms with Crippen molar-refractivity contribution in [2.45, 2.75) is 53.0 Å². The van der Waals surface area contributed by atoms with Crippen molar-refractivity contribution >= 4 is 5.69 Å². The minimum absolute atomic E-state index is 0.567. The highest BCUT2D eigenvalue weighted by Crippen LogP contribution is 2.31. The molecule has 114 valence electrons. The minimum Gasteiger partial charge on any atom is -0.437 e. The smallest absolute Gasteiger partial charge is 0.241 e. The zero-order chi connectivity index (χ0) is 15.4. The fourth-order valence-corrected chi connectivity index (χ4v) is 2.26. The van der Waals surface area contributed by atoms with Gasteiger partial charge in [0.15, 0.2) is 0 Å². The van der Waals surface area contributed by atoms with Crippen LogP contribution in [-0.2, 0) is 6.54 Å². The van der Waals surface area contributed by atoms with Crippen molar-refractivity contribution in [3.05, 3.63) is 35.5 Å². The number of benzene rings is 1. The molecule has 0 aliphatic carbocycles. The highest BCUT2D eigenvalue weighted by Gasteiger charge is 2.14. The molecule has 4 nitrogen and oxygen atoms in total. The molecule has 0 radical (unpaired) electrons. The molecule has 2 rings (SSSR count). The number of nitrogen functional groups attached to an aromatic ring is 1. The first-order valence-corrected chi connectivity index (χ1v) is 7.67. The predicted molar refractivity (Wildman–Crippen MR) is 86.9 cm³/mol. The lowest BCUT2D eigenvalue weighted by atomic mass is 9.99. The summed E-state index contributed by atoms with van der Waals surface area (Å²) in [5, 5.41) is 4.42. The second-order valence-corrected chi connectivity index (χ2v) is 5.51. The highest BCUT2D eigenvalue weighted by molar-refractivity contribution is 5.54.